The predicted octanol–water partition coefficient (Wildman–Crippen LogP) is 4.63. The molecule has 1 atom stereocenters. The number of hydrogen-bond donors (Lipinski definition) is 2. The molecule has 1 aromatic carbocycles. The third-order valence-electron chi connectivity index (χ3n) is 8.52. The van der Waals surface area contributed by atoms with Gasteiger partial charge in [0.2, 0.25) is 0 Å². The van der Waals surface area contributed by atoms with Gasteiger partial charge in [0, 0.05) is 43.0 Å². The average Bonchev–Trinajstić information content (AvgIpc) is 3.48. The zero-order chi connectivity index (χ0) is 31.3. The SMILES string of the molecule is CC(C)(C)OC(=O)N1CCC2(CC([C@H]3CCN=C(c4cnn(Cc5ccc(F)c(C(F)(F)F)c5)c4)C(C(N)=O)=C3N)C2)C1. The third kappa shape index (κ3) is 6.40. The van der Waals surface area contributed by atoms with E-state index in [0.29, 0.717) is 43.0 Å². The van der Waals surface area contributed by atoms with Crippen LogP contribution in [0, 0.1) is 23.1 Å². The number of halogens is 4. The predicted molar refractivity (Wildman–Crippen MR) is 150 cm³/mol. The second-order valence-corrected chi connectivity index (χ2v) is 12.9. The van der Waals surface area contributed by atoms with Crippen molar-refractivity contribution in [1.29, 1.82) is 0 Å². The zero-order valence-electron chi connectivity index (χ0n) is 24.4. The number of primary amides is 1. The number of amides is 2. The molecule has 13 heteroatoms. The van der Waals surface area contributed by atoms with E-state index in [-0.39, 0.29) is 41.0 Å². The maximum Gasteiger partial charge on any atom is 0.419 e. The Bertz CT molecular complexity index is 1480. The molecule has 1 saturated carbocycles. The molecular formula is C30H36F4N6O3. The summed E-state index contributed by atoms with van der Waals surface area (Å²) in [5, 5.41) is 4.23. The highest BCUT2D eigenvalue weighted by Gasteiger charge is 2.52. The summed E-state index contributed by atoms with van der Waals surface area (Å²) in [6, 6.07) is 2.78. The van der Waals surface area contributed by atoms with Gasteiger partial charge in [0.05, 0.1) is 29.6 Å². The van der Waals surface area contributed by atoms with Crippen molar-refractivity contribution in [2.75, 3.05) is 19.6 Å². The Morgan fingerprint density at radius 3 is 2.56 bits per heavy atom. The monoisotopic (exact) mass is 604 g/mol. The van der Waals surface area contributed by atoms with Crippen LogP contribution in [0.25, 0.3) is 0 Å². The van der Waals surface area contributed by atoms with Gasteiger partial charge in [0.15, 0.2) is 0 Å². The van der Waals surface area contributed by atoms with Crippen LogP contribution in [0.3, 0.4) is 0 Å². The van der Waals surface area contributed by atoms with Gasteiger partial charge in [-0.25, -0.2) is 9.18 Å². The number of benzene rings is 1. The topological polar surface area (TPSA) is 129 Å². The van der Waals surface area contributed by atoms with Crippen LogP contribution in [-0.2, 0) is 22.3 Å². The van der Waals surface area contributed by atoms with Crippen LogP contribution in [0.2, 0.25) is 0 Å². The van der Waals surface area contributed by atoms with Crippen molar-refractivity contribution < 1.29 is 31.9 Å². The summed E-state index contributed by atoms with van der Waals surface area (Å²) in [6.07, 6.45) is 1.07. The third-order valence-corrected chi connectivity index (χ3v) is 8.52. The second kappa shape index (κ2) is 11.0. The van der Waals surface area contributed by atoms with Crippen LogP contribution < -0.4 is 11.5 Å². The van der Waals surface area contributed by atoms with Crippen molar-refractivity contribution in [3.05, 3.63) is 64.4 Å². The Balaban J connectivity index is 1.30. The van der Waals surface area contributed by atoms with Crippen LogP contribution in [0.1, 0.15) is 63.1 Å². The first-order valence-corrected chi connectivity index (χ1v) is 14.3. The van der Waals surface area contributed by atoms with Gasteiger partial charge in [-0.2, -0.15) is 18.3 Å². The van der Waals surface area contributed by atoms with Gasteiger partial charge in [-0.05, 0) is 75.5 Å². The van der Waals surface area contributed by atoms with Crippen LogP contribution >= 0.6 is 0 Å². The highest BCUT2D eigenvalue weighted by molar-refractivity contribution is 6.28. The van der Waals surface area contributed by atoms with Crippen molar-refractivity contribution >= 4 is 17.7 Å². The van der Waals surface area contributed by atoms with Crippen molar-refractivity contribution in [2.45, 2.75) is 64.8 Å². The Morgan fingerprint density at radius 2 is 1.91 bits per heavy atom. The maximum absolute atomic E-state index is 13.7. The Labute approximate surface area is 246 Å². The minimum absolute atomic E-state index is 0.00178. The van der Waals surface area contributed by atoms with E-state index in [4.69, 9.17) is 16.2 Å². The number of ether oxygens (including phenoxy) is 1. The molecule has 4 N–H and O–H groups in total. The molecule has 1 spiro atoms. The van der Waals surface area contributed by atoms with E-state index in [0.717, 1.165) is 31.4 Å². The first kappa shape index (κ1) is 30.6. The van der Waals surface area contributed by atoms with Crippen LogP contribution in [-0.4, -0.2) is 57.6 Å². The van der Waals surface area contributed by atoms with Crippen LogP contribution in [0.15, 0.2) is 46.9 Å². The quantitative estimate of drug-likeness (QED) is 0.481. The van der Waals surface area contributed by atoms with E-state index >= 15 is 0 Å². The summed E-state index contributed by atoms with van der Waals surface area (Å²) in [6.45, 7) is 7.11. The van der Waals surface area contributed by atoms with Crippen molar-refractivity contribution in [3.8, 4) is 0 Å². The normalized spacial score (nSPS) is 24.5. The van der Waals surface area contributed by atoms with Gasteiger partial charge >= 0.3 is 12.3 Å². The molecule has 9 nitrogen and oxygen atoms in total. The Kier molecular flexibility index (Phi) is 7.80. The highest BCUT2D eigenvalue weighted by atomic mass is 19.4. The van der Waals surface area contributed by atoms with Gasteiger partial charge in [0.1, 0.15) is 11.4 Å². The number of rotatable bonds is 5. The first-order valence-electron chi connectivity index (χ1n) is 14.3. The number of carbonyl (C=O) groups is 2. The van der Waals surface area contributed by atoms with Gasteiger partial charge in [-0.15, -0.1) is 0 Å². The molecule has 0 unspecified atom stereocenters. The standard InChI is InChI=1S/C30H36F4N6O3/c1-28(2,3)43-27(42)39-9-7-29(16-39)11-18(12-29)20-6-8-37-25(23(24(20)35)26(36)41)19-13-38-40(15-19)14-17-4-5-22(31)21(10-17)30(32,33)34/h4-5,10,13,15,18,20H,6-9,11-12,14,16,35H2,1-3H3,(H2,36,41)/t18?,20-,29?/m1/s1. The lowest BCUT2D eigenvalue weighted by atomic mass is 9.56. The van der Waals surface area contributed by atoms with E-state index in [1.807, 2.05) is 20.8 Å². The lowest BCUT2D eigenvalue weighted by Gasteiger charge is -2.48. The van der Waals surface area contributed by atoms with Gasteiger partial charge in [-0.3, -0.25) is 14.5 Å². The molecule has 3 heterocycles. The summed E-state index contributed by atoms with van der Waals surface area (Å²) in [5.41, 5.74) is 12.0. The second-order valence-electron chi connectivity index (χ2n) is 12.9. The summed E-state index contributed by atoms with van der Waals surface area (Å²) in [5.74, 6) is -2.00. The maximum atomic E-state index is 13.7. The summed E-state index contributed by atoms with van der Waals surface area (Å²) in [4.78, 5) is 31.7. The molecule has 0 radical (unpaired) electrons. The molecule has 5 rings (SSSR count). The molecular weight excluding hydrogens is 568 g/mol. The van der Waals surface area contributed by atoms with Crippen molar-refractivity contribution in [2.24, 2.45) is 33.7 Å². The molecule has 1 aliphatic carbocycles. The smallest absolute Gasteiger partial charge is 0.419 e. The number of allylic oxidation sites excluding steroid dienone is 1. The number of aliphatic imine (C=N–C) groups is 1. The summed E-state index contributed by atoms with van der Waals surface area (Å²) >= 11 is 0. The Morgan fingerprint density at radius 1 is 1.19 bits per heavy atom. The van der Waals surface area contributed by atoms with Crippen molar-refractivity contribution in [1.82, 2.24) is 14.7 Å². The van der Waals surface area contributed by atoms with E-state index in [9.17, 15) is 27.2 Å². The molecule has 2 amide bonds. The molecule has 0 bridgehead atoms. The Hall–Kier alpha value is -3.90. The van der Waals surface area contributed by atoms with Crippen LogP contribution in [0.4, 0.5) is 22.4 Å². The minimum atomic E-state index is -4.82. The molecule has 43 heavy (non-hydrogen) atoms. The molecule has 1 aromatic heterocycles. The molecule has 2 aliphatic heterocycles. The van der Waals surface area contributed by atoms with Gasteiger partial charge < -0.3 is 21.1 Å². The van der Waals surface area contributed by atoms with E-state index < -0.39 is 29.1 Å². The fourth-order valence-corrected chi connectivity index (χ4v) is 6.59. The molecule has 2 fully saturated rings. The van der Waals surface area contributed by atoms with E-state index in [2.05, 4.69) is 10.1 Å². The lowest BCUT2D eigenvalue weighted by Crippen LogP contribution is -2.45. The number of likely N-dealkylation sites (tertiary alicyclic amines) is 1. The molecule has 3 aliphatic rings. The number of aromatic nitrogens is 2. The zero-order valence-corrected chi connectivity index (χ0v) is 24.4. The van der Waals surface area contributed by atoms with Crippen LogP contribution in [0.5, 0.6) is 0 Å². The fourth-order valence-electron chi connectivity index (χ4n) is 6.59. The summed E-state index contributed by atoms with van der Waals surface area (Å²) < 4.78 is 60.1. The number of nitrogens with two attached hydrogens (primary N) is 2. The average molecular weight is 605 g/mol. The number of carbonyl (C=O) groups excluding carboxylic acids is 2. The van der Waals surface area contributed by atoms with Gasteiger partial charge in [0.25, 0.3) is 5.91 Å². The molecule has 232 valence electrons. The number of nitrogens with zero attached hydrogens (tertiary/aromatic N) is 4. The van der Waals surface area contributed by atoms with Gasteiger partial charge in [-0.1, -0.05) is 6.07 Å². The fraction of sp³-hybridized carbons (Fsp3) is 0.533. The van der Waals surface area contributed by atoms with E-state index in [1.165, 1.54) is 16.9 Å². The largest absolute Gasteiger partial charge is 0.444 e. The molecule has 1 saturated heterocycles. The number of alkyl halides is 3. The summed E-state index contributed by atoms with van der Waals surface area (Å²) in [7, 11) is 0. The number of hydrogen-bond acceptors (Lipinski definition) is 6. The van der Waals surface area contributed by atoms with E-state index in [1.54, 1.807) is 11.1 Å². The first-order chi connectivity index (χ1) is 20.1. The molecule has 2 aromatic rings. The lowest BCUT2D eigenvalue weighted by molar-refractivity contribution is -0.140. The minimum Gasteiger partial charge on any atom is -0.444 e. The van der Waals surface area contributed by atoms with Crippen molar-refractivity contribution in [3.63, 3.8) is 0 Å². The highest BCUT2D eigenvalue weighted by Crippen LogP contribution is 2.56.